The number of hydrogen-bond acceptors (Lipinski definition) is 2. The van der Waals surface area contributed by atoms with E-state index in [0.29, 0.717) is 5.69 Å². The number of benzene rings is 1. The Morgan fingerprint density at radius 3 is 2.81 bits per heavy atom. The molecular weight excluding hydrogens is 205 g/mol. The number of nitrogens with zero attached hydrogens (tertiary/aromatic N) is 2. The van der Waals surface area contributed by atoms with E-state index in [0.717, 1.165) is 5.56 Å². The Kier molecular flexibility index (Phi) is 3.01. The van der Waals surface area contributed by atoms with Gasteiger partial charge in [0.05, 0.1) is 0 Å². The van der Waals surface area contributed by atoms with E-state index in [4.69, 9.17) is 0 Å². The molecule has 0 aliphatic rings. The van der Waals surface area contributed by atoms with E-state index in [9.17, 15) is 4.39 Å². The SMILES string of the molecule is CN[C@H](C)c1ccc(-n2cccn2)c(F)c1. The van der Waals surface area contributed by atoms with Crippen molar-refractivity contribution in [1.82, 2.24) is 15.1 Å². The van der Waals surface area contributed by atoms with Crippen LogP contribution in [0.1, 0.15) is 18.5 Å². The fourth-order valence-electron chi connectivity index (χ4n) is 1.56. The van der Waals surface area contributed by atoms with Gasteiger partial charge in [0, 0.05) is 18.4 Å². The van der Waals surface area contributed by atoms with E-state index >= 15 is 0 Å². The summed E-state index contributed by atoms with van der Waals surface area (Å²) < 4.78 is 15.3. The van der Waals surface area contributed by atoms with Gasteiger partial charge < -0.3 is 5.32 Å². The van der Waals surface area contributed by atoms with Gasteiger partial charge in [-0.3, -0.25) is 0 Å². The molecule has 2 rings (SSSR count). The van der Waals surface area contributed by atoms with Crippen LogP contribution in [0.15, 0.2) is 36.7 Å². The van der Waals surface area contributed by atoms with Crippen LogP contribution >= 0.6 is 0 Å². The van der Waals surface area contributed by atoms with Gasteiger partial charge in [-0.2, -0.15) is 5.10 Å². The van der Waals surface area contributed by atoms with Crippen LogP contribution in [0.2, 0.25) is 0 Å². The third-order valence-corrected chi connectivity index (χ3v) is 2.66. The van der Waals surface area contributed by atoms with Crippen molar-refractivity contribution in [3.8, 4) is 5.69 Å². The molecular formula is C12H14FN3. The molecule has 1 aromatic heterocycles. The number of hydrogen-bond donors (Lipinski definition) is 1. The summed E-state index contributed by atoms with van der Waals surface area (Å²) in [4.78, 5) is 0. The van der Waals surface area contributed by atoms with Crippen LogP contribution in [0.5, 0.6) is 0 Å². The highest BCUT2D eigenvalue weighted by atomic mass is 19.1. The third-order valence-electron chi connectivity index (χ3n) is 2.66. The zero-order chi connectivity index (χ0) is 11.5. The van der Waals surface area contributed by atoms with Crippen molar-refractivity contribution >= 4 is 0 Å². The summed E-state index contributed by atoms with van der Waals surface area (Å²) in [6, 6.07) is 7.09. The molecule has 0 unspecified atom stereocenters. The molecule has 1 aromatic carbocycles. The average molecular weight is 219 g/mol. The van der Waals surface area contributed by atoms with Gasteiger partial charge in [0.25, 0.3) is 0 Å². The molecule has 2 aromatic rings. The van der Waals surface area contributed by atoms with E-state index in [2.05, 4.69) is 10.4 Å². The predicted octanol–water partition coefficient (Wildman–Crippen LogP) is 2.29. The molecule has 0 bridgehead atoms. The van der Waals surface area contributed by atoms with E-state index in [-0.39, 0.29) is 11.9 Å². The molecule has 0 fully saturated rings. The lowest BCUT2D eigenvalue weighted by molar-refractivity contribution is 0.596. The monoisotopic (exact) mass is 219 g/mol. The molecule has 0 aliphatic heterocycles. The van der Waals surface area contributed by atoms with Gasteiger partial charge >= 0.3 is 0 Å². The minimum Gasteiger partial charge on any atom is -0.313 e. The molecule has 1 atom stereocenters. The van der Waals surface area contributed by atoms with Crippen LogP contribution in [0.25, 0.3) is 5.69 Å². The summed E-state index contributed by atoms with van der Waals surface area (Å²) in [7, 11) is 1.85. The second-order valence-corrected chi connectivity index (χ2v) is 3.67. The van der Waals surface area contributed by atoms with Crippen LogP contribution in [-0.4, -0.2) is 16.8 Å². The standard InChI is InChI=1S/C12H14FN3/c1-9(14-2)10-4-5-12(11(13)8-10)16-7-3-6-15-16/h3-9,14H,1-2H3/t9-/m1/s1. The minimum absolute atomic E-state index is 0.140. The molecule has 84 valence electrons. The van der Waals surface area contributed by atoms with Gasteiger partial charge in [0.15, 0.2) is 0 Å². The second-order valence-electron chi connectivity index (χ2n) is 3.67. The average Bonchev–Trinajstić information content (AvgIpc) is 2.81. The zero-order valence-corrected chi connectivity index (χ0v) is 9.31. The van der Waals surface area contributed by atoms with Gasteiger partial charge in [-0.15, -0.1) is 0 Å². The van der Waals surface area contributed by atoms with Crippen molar-refractivity contribution in [3.63, 3.8) is 0 Å². The normalized spacial score (nSPS) is 12.7. The Hall–Kier alpha value is -1.68. The first-order valence-electron chi connectivity index (χ1n) is 5.19. The number of halogens is 1. The van der Waals surface area contributed by atoms with Crippen molar-refractivity contribution in [3.05, 3.63) is 48.0 Å². The van der Waals surface area contributed by atoms with Crippen LogP contribution in [0.3, 0.4) is 0 Å². The maximum Gasteiger partial charge on any atom is 0.149 e. The number of aromatic nitrogens is 2. The predicted molar refractivity (Wildman–Crippen MR) is 61.0 cm³/mol. The molecule has 0 saturated heterocycles. The first kappa shape index (κ1) is 10.8. The summed E-state index contributed by atoms with van der Waals surface area (Å²) in [5.41, 5.74) is 1.40. The van der Waals surface area contributed by atoms with Gasteiger partial charge in [-0.1, -0.05) is 6.07 Å². The van der Waals surface area contributed by atoms with Crippen molar-refractivity contribution < 1.29 is 4.39 Å². The smallest absolute Gasteiger partial charge is 0.149 e. The highest BCUT2D eigenvalue weighted by Crippen LogP contribution is 2.18. The summed E-state index contributed by atoms with van der Waals surface area (Å²) in [5, 5.41) is 7.08. The summed E-state index contributed by atoms with van der Waals surface area (Å²) in [6.07, 6.45) is 3.35. The summed E-state index contributed by atoms with van der Waals surface area (Å²) in [5.74, 6) is -0.261. The molecule has 3 nitrogen and oxygen atoms in total. The van der Waals surface area contributed by atoms with Crippen molar-refractivity contribution in [2.24, 2.45) is 0 Å². The zero-order valence-electron chi connectivity index (χ0n) is 9.31. The maximum absolute atomic E-state index is 13.8. The Balaban J connectivity index is 2.37. The van der Waals surface area contributed by atoms with Gasteiger partial charge in [-0.25, -0.2) is 9.07 Å². The Morgan fingerprint density at radius 1 is 1.44 bits per heavy atom. The molecule has 0 amide bonds. The minimum atomic E-state index is -0.261. The van der Waals surface area contributed by atoms with Gasteiger partial charge in [0.1, 0.15) is 11.5 Å². The molecule has 1 N–H and O–H groups in total. The number of nitrogens with one attached hydrogen (secondary N) is 1. The van der Waals surface area contributed by atoms with Crippen LogP contribution in [-0.2, 0) is 0 Å². The van der Waals surface area contributed by atoms with Gasteiger partial charge in [-0.05, 0) is 37.7 Å². The molecule has 0 radical (unpaired) electrons. The molecule has 0 spiro atoms. The fraction of sp³-hybridized carbons (Fsp3) is 0.250. The Labute approximate surface area is 93.9 Å². The van der Waals surface area contributed by atoms with E-state index in [1.165, 1.54) is 10.7 Å². The lowest BCUT2D eigenvalue weighted by Crippen LogP contribution is -2.12. The quantitative estimate of drug-likeness (QED) is 0.858. The highest BCUT2D eigenvalue weighted by Gasteiger charge is 2.08. The highest BCUT2D eigenvalue weighted by molar-refractivity contribution is 5.36. The summed E-state index contributed by atoms with van der Waals surface area (Å²) in [6.45, 7) is 1.99. The van der Waals surface area contributed by atoms with E-state index in [1.807, 2.05) is 20.0 Å². The lowest BCUT2D eigenvalue weighted by Gasteiger charge is -2.12. The number of rotatable bonds is 3. The fourth-order valence-corrected chi connectivity index (χ4v) is 1.56. The Morgan fingerprint density at radius 2 is 2.25 bits per heavy atom. The lowest BCUT2D eigenvalue weighted by atomic mass is 10.1. The van der Waals surface area contributed by atoms with Crippen molar-refractivity contribution in [2.45, 2.75) is 13.0 Å². The van der Waals surface area contributed by atoms with Crippen molar-refractivity contribution in [1.29, 1.82) is 0 Å². The van der Waals surface area contributed by atoms with Crippen LogP contribution in [0, 0.1) is 5.82 Å². The third kappa shape index (κ3) is 1.97. The van der Waals surface area contributed by atoms with E-state index in [1.54, 1.807) is 24.5 Å². The molecule has 0 aliphatic carbocycles. The molecule has 1 heterocycles. The molecule has 16 heavy (non-hydrogen) atoms. The molecule has 4 heteroatoms. The maximum atomic E-state index is 13.8. The first-order chi connectivity index (χ1) is 7.72. The largest absolute Gasteiger partial charge is 0.313 e. The van der Waals surface area contributed by atoms with E-state index < -0.39 is 0 Å². The molecule has 0 saturated carbocycles. The van der Waals surface area contributed by atoms with Crippen molar-refractivity contribution in [2.75, 3.05) is 7.05 Å². The Bertz CT molecular complexity index is 465. The summed E-state index contributed by atoms with van der Waals surface area (Å²) >= 11 is 0. The van der Waals surface area contributed by atoms with Gasteiger partial charge in [0.2, 0.25) is 0 Å². The first-order valence-corrected chi connectivity index (χ1v) is 5.19. The van der Waals surface area contributed by atoms with Crippen LogP contribution < -0.4 is 5.32 Å². The van der Waals surface area contributed by atoms with Crippen LogP contribution in [0.4, 0.5) is 4.39 Å². The topological polar surface area (TPSA) is 29.9 Å². The second kappa shape index (κ2) is 4.45.